The van der Waals surface area contributed by atoms with Crippen molar-refractivity contribution in [2.75, 3.05) is 0 Å². The molecule has 9 heteroatoms. The molecule has 148 valence electrons. The van der Waals surface area contributed by atoms with Gasteiger partial charge in [-0.25, -0.2) is 18.4 Å². The molecule has 4 N–H and O–H groups in total. The van der Waals surface area contributed by atoms with E-state index in [0.717, 1.165) is 6.08 Å². The number of furan rings is 1. The highest BCUT2D eigenvalue weighted by Gasteiger charge is 2.15. The van der Waals surface area contributed by atoms with Crippen molar-refractivity contribution in [3.05, 3.63) is 83.8 Å². The summed E-state index contributed by atoms with van der Waals surface area (Å²) in [6.07, 6.45) is 1.16. The van der Waals surface area contributed by atoms with Gasteiger partial charge in [0.05, 0.1) is 4.90 Å². The minimum absolute atomic E-state index is 0.0789. The molecular formula is C20H16N2O6S. The molecule has 1 aromatic heterocycles. The van der Waals surface area contributed by atoms with Crippen LogP contribution in [0.25, 0.3) is 17.4 Å². The van der Waals surface area contributed by atoms with Gasteiger partial charge in [-0.05, 0) is 36.4 Å². The van der Waals surface area contributed by atoms with Crippen molar-refractivity contribution < 1.29 is 27.5 Å². The fourth-order valence-electron chi connectivity index (χ4n) is 2.49. The molecule has 8 nitrogen and oxygen atoms in total. The smallest absolute Gasteiger partial charge is 0.352 e. The fourth-order valence-corrected chi connectivity index (χ4v) is 3.05. The van der Waals surface area contributed by atoms with Crippen molar-refractivity contribution in [3.63, 3.8) is 0 Å². The van der Waals surface area contributed by atoms with E-state index in [1.54, 1.807) is 42.5 Å². The minimum Gasteiger partial charge on any atom is -0.477 e. The third kappa shape index (κ3) is 4.98. The topological polar surface area (TPSA) is 140 Å². The maximum absolute atomic E-state index is 12.2. The maximum Gasteiger partial charge on any atom is 0.352 e. The van der Waals surface area contributed by atoms with Crippen LogP contribution >= 0.6 is 0 Å². The predicted molar refractivity (Wildman–Crippen MR) is 105 cm³/mol. The number of sulfonamides is 1. The molecule has 0 saturated heterocycles. The lowest BCUT2D eigenvalue weighted by Gasteiger charge is -2.05. The van der Waals surface area contributed by atoms with E-state index in [0.29, 0.717) is 16.9 Å². The Balaban J connectivity index is 1.87. The zero-order valence-electron chi connectivity index (χ0n) is 14.9. The summed E-state index contributed by atoms with van der Waals surface area (Å²) in [6, 6.07) is 17.0. The van der Waals surface area contributed by atoms with Crippen molar-refractivity contribution in [2.45, 2.75) is 4.90 Å². The van der Waals surface area contributed by atoms with Gasteiger partial charge in [0.1, 0.15) is 17.2 Å². The number of primary sulfonamides is 1. The third-order valence-corrected chi connectivity index (χ3v) is 4.79. The van der Waals surface area contributed by atoms with Crippen LogP contribution in [0, 0.1) is 0 Å². The van der Waals surface area contributed by atoms with E-state index < -0.39 is 21.9 Å². The third-order valence-electron chi connectivity index (χ3n) is 3.88. The van der Waals surface area contributed by atoms with E-state index >= 15 is 0 Å². The van der Waals surface area contributed by atoms with E-state index in [2.05, 4.69) is 5.32 Å². The summed E-state index contributed by atoms with van der Waals surface area (Å²) in [4.78, 5) is 23.6. The second kappa shape index (κ2) is 8.13. The minimum atomic E-state index is -3.88. The molecule has 0 saturated carbocycles. The van der Waals surface area contributed by atoms with Gasteiger partial charge >= 0.3 is 5.97 Å². The van der Waals surface area contributed by atoms with Crippen LogP contribution in [0.1, 0.15) is 16.1 Å². The van der Waals surface area contributed by atoms with E-state index in [1.807, 2.05) is 0 Å². The highest BCUT2D eigenvalue weighted by atomic mass is 32.2. The Morgan fingerprint density at radius 3 is 2.38 bits per heavy atom. The van der Waals surface area contributed by atoms with Crippen LogP contribution in [-0.4, -0.2) is 25.4 Å². The van der Waals surface area contributed by atoms with Crippen molar-refractivity contribution in [3.8, 4) is 11.3 Å². The molecule has 0 aliphatic carbocycles. The van der Waals surface area contributed by atoms with Crippen LogP contribution in [0.3, 0.4) is 0 Å². The SMILES string of the molecule is NS(=O)(=O)c1cccc(-c2ccc(/C=C(/NC(=O)c3ccccc3)C(=O)O)o2)c1. The second-order valence-corrected chi connectivity index (χ2v) is 7.52. The number of carbonyl (C=O) groups excluding carboxylic acids is 1. The van der Waals surface area contributed by atoms with Gasteiger partial charge in [-0.2, -0.15) is 0 Å². The number of carboxylic acids is 1. The number of hydrogen-bond donors (Lipinski definition) is 3. The Morgan fingerprint density at radius 2 is 1.72 bits per heavy atom. The molecule has 0 bridgehead atoms. The van der Waals surface area contributed by atoms with E-state index in [4.69, 9.17) is 9.56 Å². The van der Waals surface area contributed by atoms with Crippen LogP contribution in [0.15, 0.2) is 81.7 Å². The van der Waals surface area contributed by atoms with E-state index in [-0.39, 0.29) is 16.4 Å². The van der Waals surface area contributed by atoms with Gasteiger partial charge in [0.15, 0.2) is 0 Å². The molecular weight excluding hydrogens is 396 g/mol. The molecule has 0 atom stereocenters. The van der Waals surface area contributed by atoms with Crippen LogP contribution in [0.2, 0.25) is 0 Å². The van der Waals surface area contributed by atoms with Crippen LogP contribution in [0.5, 0.6) is 0 Å². The Hall–Kier alpha value is -3.69. The van der Waals surface area contributed by atoms with Gasteiger partial charge in [0.2, 0.25) is 10.0 Å². The number of amides is 1. The first kappa shape index (κ1) is 20.1. The van der Waals surface area contributed by atoms with Crippen molar-refractivity contribution in [1.82, 2.24) is 5.32 Å². The first-order chi connectivity index (χ1) is 13.7. The molecule has 0 aliphatic rings. The van der Waals surface area contributed by atoms with Gasteiger partial charge in [-0.3, -0.25) is 4.79 Å². The molecule has 0 unspecified atom stereocenters. The second-order valence-electron chi connectivity index (χ2n) is 5.96. The Bertz CT molecular complexity index is 1200. The van der Waals surface area contributed by atoms with Crippen LogP contribution in [-0.2, 0) is 14.8 Å². The molecule has 0 spiro atoms. The molecule has 0 fully saturated rings. The monoisotopic (exact) mass is 412 g/mol. The summed E-state index contributed by atoms with van der Waals surface area (Å²) in [5.74, 6) is -1.46. The highest BCUT2D eigenvalue weighted by Crippen LogP contribution is 2.25. The molecule has 0 radical (unpaired) electrons. The van der Waals surface area contributed by atoms with Gasteiger partial charge < -0.3 is 14.8 Å². The number of carboxylic acid groups (broad SMARTS) is 1. The first-order valence-corrected chi connectivity index (χ1v) is 9.83. The van der Waals surface area contributed by atoms with Gasteiger partial charge in [0, 0.05) is 17.2 Å². The van der Waals surface area contributed by atoms with Crippen molar-refractivity contribution in [1.29, 1.82) is 0 Å². The molecule has 29 heavy (non-hydrogen) atoms. The Labute approximate surface area is 166 Å². The van der Waals surface area contributed by atoms with Gasteiger partial charge in [-0.15, -0.1) is 0 Å². The zero-order valence-corrected chi connectivity index (χ0v) is 15.7. The fraction of sp³-hybridized carbons (Fsp3) is 0. The summed E-state index contributed by atoms with van der Waals surface area (Å²) in [5.41, 5.74) is 0.374. The lowest BCUT2D eigenvalue weighted by Crippen LogP contribution is -2.27. The number of nitrogens with two attached hydrogens (primary N) is 1. The van der Waals surface area contributed by atoms with Crippen LogP contribution < -0.4 is 10.5 Å². The molecule has 0 aliphatic heterocycles. The van der Waals surface area contributed by atoms with Gasteiger partial charge in [-0.1, -0.05) is 30.3 Å². The molecule has 3 rings (SSSR count). The Kier molecular flexibility index (Phi) is 5.62. The standard InChI is InChI=1S/C20H16N2O6S/c21-29(26,27)16-8-4-7-14(11-16)18-10-9-15(28-18)12-17(20(24)25)22-19(23)13-5-2-1-3-6-13/h1-12H,(H,22,23)(H,24,25)(H2,21,26,27)/b17-12+. The van der Waals surface area contributed by atoms with Crippen molar-refractivity contribution in [2.24, 2.45) is 5.14 Å². The van der Waals surface area contributed by atoms with E-state index in [1.165, 1.54) is 24.3 Å². The zero-order chi connectivity index (χ0) is 21.0. The quantitative estimate of drug-likeness (QED) is 0.531. The summed E-state index contributed by atoms with van der Waals surface area (Å²) < 4.78 is 28.6. The lowest BCUT2D eigenvalue weighted by atomic mass is 10.2. The van der Waals surface area contributed by atoms with Crippen LogP contribution in [0.4, 0.5) is 0 Å². The number of nitrogens with one attached hydrogen (secondary N) is 1. The van der Waals surface area contributed by atoms with Gasteiger partial charge in [0.25, 0.3) is 5.91 Å². The number of hydrogen-bond acceptors (Lipinski definition) is 5. The predicted octanol–water partition coefficient (Wildman–Crippen LogP) is 2.45. The molecule has 1 heterocycles. The number of rotatable bonds is 6. The molecule has 2 aromatic carbocycles. The normalized spacial score (nSPS) is 11.8. The molecule has 3 aromatic rings. The summed E-state index contributed by atoms with van der Waals surface area (Å²) in [6.45, 7) is 0. The van der Waals surface area contributed by atoms with E-state index in [9.17, 15) is 23.1 Å². The Morgan fingerprint density at radius 1 is 1.00 bits per heavy atom. The molecule has 1 amide bonds. The maximum atomic E-state index is 12.2. The number of carbonyl (C=O) groups is 2. The van der Waals surface area contributed by atoms with Crippen molar-refractivity contribution >= 4 is 28.0 Å². The summed E-state index contributed by atoms with van der Waals surface area (Å²) in [5, 5.41) is 16.8. The number of aliphatic carboxylic acids is 1. The summed E-state index contributed by atoms with van der Waals surface area (Å²) >= 11 is 0. The average Bonchev–Trinajstić information content (AvgIpc) is 3.16. The highest BCUT2D eigenvalue weighted by molar-refractivity contribution is 7.89. The largest absolute Gasteiger partial charge is 0.477 e. The lowest BCUT2D eigenvalue weighted by molar-refractivity contribution is -0.132. The summed E-state index contributed by atoms with van der Waals surface area (Å²) in [7, 11) is -3.88. The average molecular weight is 412 g/mol. The number of benzene rings is 2. The first-order valence-electron chi connectivity index (χ1n) is 8.28.